The summed E-state index contributed by atoms with van der Waals surface area (Å²) < 4.78 is 36.7. The van der Waals surface area contributed by atoms with Crippen molar-refractivity contribution in [3.8, 4) is 28.7 Å². The van der Waals surface area contributed by atoms with Gasteiger partial charge in [0.2, 0.25) is 20.4 Å². The van der Waals surface area contributed by atoms with Crippen molar-refractivity contribution in [1.29, 1.82) is 0 Å². The van der Waals surface area contributed by atoms with E-state index in [2.05, 4.69) is 13.2 Å². The second-order valence-corrected chi connectivity index (χ2v) is 7.58. The zero-order valence-electron chi connectivity index (χ0n) is 21.1. The molecule has 3 aromatic rings. The van der Waals surface area contributed by atoms with Crippen molar-refractivity contribution in [2.24, 2.45) is 0 Å². The fraction of sp³-hybridized carbons (Fsp3) is 0.242. The van der Waals surface area contributed by atoms with E-state index in [1.54, 1.807) is 61.5 Å². The lowest BCUT2D eigenvalue weighted by Crippen LogP contribution is -2.10. The van der Waals surface area contributed by atoms with E-state index >= 15 is 0 Å². The number of rotatable bonds is 14. The Kier molecular flexibility index (Phi) is 19.1. The van der Waals surface area contributed by atoms with E-state index in [9.17, 15) is 14.4 Å². The van der Waals surface area contributed by atoms with Gasteiger partial charge in [0, 0.05) is 12.2 Å². The molecule has 0 aliphatic rings. The highest BCUT2D eigenvalue weighted by Crippen LogP contribution is 2.25. The molecule has 0 atom stereocenters. The lowest BCUT2D eigenvalue weighted by atomic mass is 10.2. The van der Waals surface area contributed by atoms with E-state index in [1.807, 2.05) is 0 Å². The number of aryl methyl sites for hydroxylation is 1. The number of esters is 3. The molecule has 43 heavy (non-hydrogen) atoms. The maximum atomic E-state index is 12.5. The van der Waals surface area contributed by atoms with Gasteiger partial charge in [-0.2, -0.15) is 0 Å². The van der Waals surface area contributed by atoms with Crippen molar-refractivity contribution in [1.82, 2.24) is 0 Å². The van der Waals surface area contributed by atoms with Gasteiger partial charge in [-0.1, -0.05) is 42.9 Å². The fourth-order valence-electron chi connectivity index (χ4n) is 2.90. The minimum Gasteiger partial charge on any atom is -0.457 e. The highest BCUT2D eigenvalue weighted by atomic mass is 16.7. The number of ether oxygens (including phenoxy) is 7. The van der Waals surface area contributed by atoms with Gasteiger partial charge in [-0.15, -0.1) is 0 Å². The molecule has 0 aliphatic carbocycles. The van der Waals surface area contributed by atoms with Crippen LogP contribution >= 0.6 is 0 Å². The van der Waals surface area contributed by atoms with Gasteiger partial charge >= 0.3 is 17.9 Å². The molecule has 0 aromatic heterocycles. The Balaban J connectivity index is 0. The Morgan fingerprint density at radius 1 is 0.605 bits per heavy atom. The van der Waals surface area contributed by atoms with Crippen LogP contribution in [0.2, 0.25) is 0 Å². The van der Waals surface area contributed by atoms with Crippen molar-refractivity contribution in [3.63, 3.8) is 0 Å². The smallest absolute Gasteiger partial charge is 0.343 e. The summed E-state index contributed by atoms with van der Waals surface area (Å²) in [6.45, 7) is 7.82. The zero-order valence-corrected chi connectivity index (χ0v) is 21.1. The molecule has 0 amide bonds. The Labute approximate surface area is 254 Å². The molecule has 0 saturated carbocycles. The summed E-state index contributed by atoms with van der Waals surface area (Å²) in [4.78, 5) is 34.6. The molecule has 10 heteroatoms. The minimum absolute atomic E-state index is 0. The molecule has 0 spiro atoms. The summed E-state index contributed by atoms with van der Waals surface area (Å²) in [6.07, 6.45) is 2.08. The molecule has 3 aromatic carbocycles. The van der Waals surface area contributed by atoms with Crippen LogP contribution in [0.5, 0.6) is 28.7 Å². The highest BCUT2D eigenvalue weighted by Gasteiger charge is 2.12. The number of carbonyl (C=O) groups is 3. The van der Waals surface area contributed by atoms with Crippen molar-refractivity contribution in [2.75, 3.05) is 20.4 Å². The van der Waals surface area contributed by atoms with Crippen LogP contribution < -0.4 is 23.7 Å². The molecule has 10 nitrogen and oxygen atoms in total. The minimum atomic E-state index is -0.599. The van der Waals surface area contributed by atoms with Crippen molar-refractivity contribution in [2.45, 2.75) is 36.6 Å². The van der Waals surface area contributed by atoms with Crippen LogP contribution in [-0.4, -0.2) is 38.3 Å². The van der Waals surface area contributed by atoms with Gasteiger partial charge in [0.05, 0.1) is 5.56 Å². The van der Waals surface area contributed by atoms with Crippen LogP contribution in [-0.2, 0) is 19.1 Å². The van der Waals surface area contributed by atoms with Crippen LogP contribution in [0.15, 0.2) is 92.0 Å². The molecule has 234 valence electrons. The first-order valence-electron chi connectivity index (χ1n) is 11.5. The number of carbonyl (C=O) groups excluding carboxylic acids is 3. The van der Waals surface area contributed by atoms with Gasteiger partial charge in [0.1, 0.15) is 28.7 Å². The monoisotopic (exact) mass is 598 g/mol. The van der Waals surface area contributed by atoms with Crippen LogP contribution in [0.4, 0.5) is 0 Å². The summed E-state index contributed by atoms with van der Waals surface area (Å²) in [7, 11) is 0. The SMILES string of the molecule is C.C.C.C.C=CC(=O)OCOc1ccc(OCOc2ccc(OC(=O)c3ccc(OCOC(=O)C=C)cc3)c(C)c2)cc1. The Bertz CT molecular complexity index is 1300. The van der Waals surface area contributed by atoms with Crippen molar-refractivity contribution < 1.29 is 47.5 Å². The second-order valence-electron chi connectivity index (χ2n) is 7.58. The molecule has 0 heterocycles. The lowest BCUT2D eigenvalue weighted by Gasteiger charge is -2.12. The summed E-state index contributed by atoms with van der Waals surface area (Å²) in [5.74, 6) is 0.633. The van der Waals surface area contributed by atoms with E-state index < -0.39 is 17.9 Å². The number of hydrogen-bond acceptors (Lipinski definition) is 10. The topological polar surface area (TPSA) is 116 Å². The predicted octanol–water partition coefficient (Wildman–Crippen LogP) is 7.30. The van der Waals surface area contributed by atoms with E-state index in [4.69, 9.17) is 33.2 Å². The van der Waals surface area contributed by atoms with Crippen LogP contribution in [0, 0.1) is 6.92 Å². The average molecular weight is 599 g/mol. The third-order valence-corrected chi connectivity index (χ3v) is 4.90. The number of benzene rings is 3. The van der Waals surface area contributed by atoms with Gasteiger partial charge in [0.15, 0.2) is 0 Å². The molecule has 0 radical (unpaired) electrons. The fourth-order valence-corrected chi connectivity index (χ4v) is 2.90. The first-order valence-corrected chi connectivity index (χ1v) is 11.5. The van der Waals surface area contributed by atoms with Gasteiger partial charge in [-0.3, -0.25) is 0 Å². The second kappa shape index (κ2) is 20.6. The quantitative estimate of drug-likeness (QED) is 0.0809. The van der Waals surface area contributed by atoms with E-state index in [0.717, 1.165) is 12.2 Å². The van der Waals surface area contributed by atoms with E-state index in [-0.39, 0.29) is 50.1 Å². The molecular formula is C33H42O10. The first-order chi connectivity index (χ1) is 18.9. The maximum absolute atomic E-state index is 12.5. The maximum Gasteiger partial charge on any atom is 0.343 e. The molecule has 0 N–H and O–H groups in total. The van der Waals surface area contributed by atoms with E-state index in [1.165, 1.54) is 12.1 Å². The van der Waals surface area contributed by atoms with Gasteiger partial charge in [0.25, 0.3) is 0 Å². The summed E-state index contributed by atoms with van der Waals surface area (Å²) in [5, 5.41) is 0. The van der Waals surface area contributed by atoms with Crippen molar-refractivity contribution >= 4 is 17.9 Å². The lowest BCUT2D eigenvalue weighted by molar-refractivity contribution is -0.145. The third kappa shape index (κ3) is 13.3. The first kappa shape index (κ1) is 39.9. The molecule has 0 saturated heterocycles. The summed E-state index contributed by atoms with van der Waals surface area (Å²) in [5.41, 5.74) is 0.997. The Hall–Kier alpha value is -5.25. The summed E-state index contributed by atoms with van der Waals surface area (Å²) >= 11 is 0. The molecular weight excluding hydrogens is 556 g/mol. The molecule has 0 bridgehead atoms. The Morgan fingerprint density at radius 2 is 1.00 bits per heavy atom. The third-order valence-electron chi connectivity index (χ3n) is 4.90. The normalized spacial score (nSPS) is 9.05. The highest BCUT2D eigenvalue weighted by molar-refractivity contribution is 5.91. The van der Waals surface area contributed by atoms with E-state index in [0.29, 0.717) is 39.9 Å². The predicted molar refractivity (Wildman–Crippen MR) is 166 cm³/mol. The van der Waals surface area contributed by atoms with Crippen LogP contribution in [0.3, 0.4) is 0 Å². The van der Waals surface area contributed by atoms with Crippen LogP contribution in [0.25, 0.3) is 0 Å². The van der Waals surface area contributed by atoms with Crippen LogP contribution in [0.1, 0.15) is 45.6 Å². The van der Waals surface area contributed by atoms with Gasteiger partial charge in [-0.05, 0) is 79.2 Å². The summed E-state index contributed by atoms with van der Waals surface area (Å²) in [6, 6.07) is 17.9. The van der Waals surface area contributed by atoms with Crippen molar-refractivity contribution in [3.05, 3.63) is 103 Å². The molecule has 3 rings (SSSR count). The average Bonchev–Trinajstić information content (AvgIpc) is 2.95. The van der Waals surface area contributed by atoms with Gasteiger partial charge < -0.3 is 33.2 Å². The van der Waals surface area contributed by atoms with Gasteiger partial charge in [-0.25, -0.2) is 14.4 Å². The Morgan fingerprint density at radius 3 is 1.44 bits per heavy atom. The molecule has 0 unspecified atom stereocenters. The molecule has 0 aliphatic heterocycles. The number of hydrogen-bond donors (Lipinski definition) is 0. The zero-order chi connectivity index (χ0) is 28.0. The largest absolute Gasteiger partial charge is 0.457 e. The standard InChI is InChI=1S/C29H26O10.4CH4/c1-4-27(30)37-18-34-22-8-6-21(7-9-22)29(32)39-26-15-14-25(16-20(26)3)36-17-33-23-10-12-24(13-11-23)35-19-38-28(31)5-2;;;;/h4-16H,1-2,17-19H2,3H3;4*1H4. The molecule has 0 fully saturated rings.